The maximum Gasteiger partial charge on any atom is 0.0630 e. The van der Waals surface area contributed by atoms with Gasteiger partial charge in [-0.2, -0.15) is 0 Å². The molecule has 0 spiro atoms. The van der Waals surface area contributed by atoms with Gasteiger partial charge in [0.05, 0.1) is 15.1 Å². The van der Waals surface area contributed by atoms with Crippen LogP contribution in [0.2, 0.25) is 0 Å². The van der Waals surface area contributed by atoms with Crippen LogP contribution in [0.3, 0.4) is 0 Å². The fraction of sp³-hybridized carbons (Fsp3) is 0.0526. The topological polar surface area (TPSA) is 0 Å². The Labute approximate surface area is 137 Å². The summed E-state index contributed by atoms with van der Waals surface area (Å²) >= 11 is 1.03. The molecule has 0 saturated heterocycles. The highest BCUT2D eigenvalue weighted by molar-refractivity contribution is 7.26. The van der Waals surface area contributed by atoms with E-state index in [1.165, 1.54) is 0 Å². The molecule has 4 rings (SSSR count). The Morgan fingerprint density at radius 2 is 1.45 bits per heavy atom. The van der Waals surface area contributed by atoms with Gasteiger partial charge < -0.3 is 0 Å². The molecular formula is C19H14S. The van der Waals surface area contributed by atoms with Crippen LogP contribution in [-0.4, -0.2) is 0 Å². The Balaban J connectivity index is 2.36. The van der Waals surface area contributed by atoms with Crippen molar-refractivity contribution >= 4 is 31.5 Å². The highest BCUT2D eigenvalue weighted by Gasteiger charge is 2.10. The average molecular weight is 285 g/mol. The van der Waals surface area contributed by atoms with Crippen molar-refractivity contribution in [2.45, 2.75) is 6.92 Å². The standard InChI is InChI=1S/C19H14S/c1-13-7-5-11-16-17-12-6-10-15(19(17)20-18(13)16)14-8-3-2-4-9-14/h2-12H,1H3/i2D,3D,4D,5D,6D,7D,8D,9D,10D,11D,12D. The van der Waals surface area contributed by atoms with Gasteiger partial charge in [0.1, 0.15) is 0 Å². The smallest absolute Gasteiger partial charge is 0.0630 e. The monoisotopic (exact) mass is 285 g/mol. The van der Waals surface area contributed by atoms with Crippen molar-refractivity contribution < 1.29 is 15.1 Å². The van der Waals surface area contributed by atoms with Gasteiger partial charge in [-0.15, -0.1) is 11.3 Å². The second-order valence-corrected chi connectivity index (χ2v) is 5.28. The summed E-state index contributed by atoms with van der Waals surface area (Å²) in [5.41, 5.74) is 0.0789. The van der Waals surface area contributed by atoms with Gasteiger partial charge in [-0.1, -0.05) is 66.5 Å². The number of rotatable bonds is 1. The van der Waals surface area contributed by atoms with Crippen LogP contribution < -0.4 is 0 Å². The number of thiophene rings is 1. The van der Waals surface area contributed by atoms with Gasteiger partial charge in [-0.05, 0) is 23.6 Å². The Kier molecular flexibility index (Phi) is 1.12. The van der Waals surface area contributed by atoms with Crippen molar-refractivity contribution in [2.24, 2.45) is 0 Å². The Morgan fingerprint density at radius 3 is 2.25 bits per heavy atom. The lowest BCUT2D eigenvalue weighted by Gasteiger charge is -2.02. The maximum absolute atomic E-state index is 8.45. The van der Waals surface area contributed by atoms with Crippen LogP contribution in [0.1, 0.15) is 20.6 Å². The fourth-order valence-corrected chi connectivity index (χ4v) is 3.29. The molecule has 0 atom stereocenters. The molecule has 96 valence electrons. The lowest BCUT2D eigenvalue weighted by molar-refractivity contribution is 1.56. The highest BCUT2D eigenvalue weighted by atomic mass is 32.1. The normalized spacial score (nSPS) is 18.9. The van der Waals surface area contributed by atoms with Gasteiger partial charge in [0.15, 0.2) is 0 Å². The van der Waals surface area contributed by atoms with Crippen molar-refractivity contribution in [3.63, 3.8) is 0 Å². The van der Waals surface area contributed by atoms with Gasteiger partial charge in [-0.25, -0.2) is 0 Å². The average Bonchev–Trinajstić information content (AvgIpc) is 3.14. The molecule has 3 aromatic carbocycles. The van der Waals surface area contributed by atoms with E-state index in [0.29, 0.717) is 10.3 Å². The van der Waals surface area contributed by atoms with Crippen LogP contribution in [0.25, 0.3) is 31.3 Å². The van der Waals surface area contributed by atoms with E-state index in [1.807, 2.05) is 0 Å². The van der Waals surface area contributed by atoms with E-state index in [9.17, 15) is 0 Å². The quantitative estimate of drug-likeness (QED) is 0.400. The third kappa shape index (κ3) is 1.67. The molecule has 20 heavy (non-hydrogen) atoms. The highest BCUT2D eigenvalue weighted by Crippen LogP contribution is 2.40. The number of benzene rings is 3. The first kappa shape index (κ1) is 5.01. The van der Waals surface area contributed by atoms with Gasteiger partial charge in [0.25, 0.3) is 0 Å². The summed E-state index contributed by atoms with van der Waals surface area (Å²) in [6.45, 7) is 1.61. The van der Waals surface area contributed by atoms with Gasteiger partial charge in [-0.3, -0.25) is 0 Å². The molecule has 4 aromatic rings. The first-order chi connectivity index (χ1) is 14.4. The third-order valence-electron chi connectivity index (χ3n) is 3.04. The molecule has 0 aliphatic heterocycles. The van der Waals surface area contributed by atoms with Crippen molar-refractivity contribution in [1.29, 1.82) is 0 Å². The summed E-state index contributed by atoms with van der Waals surface area (Å²) in [6.07, 6.45) is 0. The maximum atomic E-state index is 8.45. The molecule has 0 amide bonds. The number of hydrogen-bond acceptors (Lipinski definition) is 1. The second kappa shape index (κ2) is 4.46. The van der Waals surface area contributed by atoms with E-state index in [2.05, 4.69) is 0 Å². The lowest BCUT2D eigenvalue weighted by atomic mass is 10.0. The summed E-state index contributed by atoms with van der Waals surface area (Å²) in [7, 11) is 0. The van der Waals surface area contributed by atoms with E-state index in [0.717, 1.165) is 11.3 Å². The minimum Gasteiger partial charge on any atom is -0.134 e. The first-order valence-electron chi connectivity index (χ1n) is 11.4. The summed E-state index contributed by atoms with van der Waals surface area (Å²) in [5, 5.41) is 0.315. The molecule has 0 aliphatic rings. The summed E-state index contributed by atoms with van der Waals surface area (Å²) < 4.78 is 90.6. The zero-order valence-corrected chi connectivity index (χ0v) is 11.2. The number of aryl methyl sites for hydroxylation is 1. The molecule has 0 fully saturated rings. The first-order valence-corrected chi connectivity index (χ1v) is 6.72. The molecule has 0 nitrogen and oxygen atoms in total. The third-order valence-corrected chi connectivity index (χ3v) is 4.37. The van der Waals surface area contributed by atoms with Crippen LogP contribution in [-0.2, 0) is 0 Å². The largest absolute Gasteiger partial charge is 0.134 e. The van der Waals surface area contributed by atoms with Crippen LogP contribution in [0, 0.1) is 6.92 Å². The van der Waals surface area contributed by atoms with Crippen LogP contribution in [0.4, 0.5) is 0 Å². The zero-order chi connectivity index (χ0) is 23.1. The molecule has 0 radical (unpaired) electrons. The molecule has 0 saturated carbocycles. The SMILES string of the molecule is [2H]c1c([2H])c([2H])c(-c2c([2H])c([2H])c([2H])c3c2sc2c(C)c([2H])c([2H])c([2H])c23)c([2H])c1[2H]. The van der Waals surface area contributed by atoms with Gasteiger partial charge >= 0.3 is 0 Å². The predicted octanol–water partition coefficient (Wildman–Crippen LogP) is 6.03. The van der Waals surface area contributed by atoms with Crippen LogP contribution >= 0.6 is 11.3 Å². The van der Waals surface area contributed by atoms with Crippen molar-refractivity contribution in [2.75, 3.05) is 0 Å². The summed E-state index contributed by atoms with van der Waals surface area (Å²) in [6, 6.07) is -4.84. The van der Waals surface area contributed by atoms with E-state index in [4.69, 9.17) is 15.1 Å². The van der Waals surface area contributed by atoms with E-state index >= 15 is 0 Å². The van der Waals surface area contributed by atoms with Crippen molar-refractivity contribution in [3.05, 3.63) is 72.0 Å². The van der Waals surface area contributed by atoms with Gasteiger partial charge in [0, 0.05) is 20.2 Å². The van der Waals surface area contributed by atoms with Crippen LogP contribution in [0.5, 0.6) is 0 Å². The minimum absolute atomic E-state index is 0.0777. The lowest BCUT2D eigenvalue weighted by Crippen LogP contribution is -1.76. The predicted molar refractivity (Wildman–Crippen MR) is 89.5 cm³/mol. The van der Waals surface area contributed by atoms with E-state index in [-0.39, 0.29) is 50.8 Å². The number of hydrogen-bond donors (Lipinski definition) is 0. The molecule has 1 aromatic heterocycles. The van der Waals surface area contributed by atoms with Crippen molar-refractivity contribution in [1.82, 2.24) is 0 Å². The Hall–Kier alpha value is -2.12. The number of fused-ring (bicyclic) bond motifs is 3. The second-order valence-electron chi connectivity index (χ2n) is 4.26. The van der Waals surface area contributed by atoms with E-state index in [1.54, 1.807) is 6.92 Å². The molecule has 0 bridgehead atoms. The van der Waals surface area contributed by atoms with Crippen molar-refractivity contribution in [3.8, 4) is 11.1 Å². The molecule has 1 heteroatoms. The minimum atomic E-state index is -0.581. The summed E-state index contributed by atoms with van der Waals surface area (Å²) in [5.74, 6) is 0. The molecule has 0 aliphatic carbocycles. The molecule has 1 heterocycles. The van der Waals surface area contributed by atoms with Gasteiger partial charge in [0.2, 0.25) is 0 Å². The van der Waals surface area contributed by atoms with E-state index < -0.39 is 42.3 Å². The Bertz CT molecular complexity index is 1420. The van der Waals surface area contributed by atoms with Crippen LogP contribution in [0.15, 0.2) is 66.5 Å². The molecular weight excluding hydrogens is 260 g/mol. The summed E-state index contributed by atoms with van der Waals surface area (Å²) in [4.78, 5) is 0. The Morgan fingerprint density at radius 1 is 0.750 bits per heavy atom. The zero-order valence-electron chi connectivity index (χ0n) is 21.4. The molecule has 0 N–H and O–H groups in total. The molecule has 0 unspecified atom stereocenters. The fourth-order valence-electron chi connectivity index (χ4n) is 2.12.